The van der Waals surface area contributed by atoms with Crippen molar-refractivity contribution >= 4 is 46.9 Å². The largest absolute Gasteiger partial charge is 0.489 e. The minimum atomic E-state index is -0.759. The fourth-order valence-electron chi connectivity index (χ4n) is 4.02. The van der Waals surface area contributed by atoms with Crippen molar-refractivity contribution in [2.75, 3.05) is 19.5 Å². The van der Waals surface area contributed by atoms with E-state index in [0.29, 0.717) is 18.1 Å². The van der Waals surface area contributed by atoms with Crippen LogP contribution in [-0.4, -0.2) is 32.1 Å². The molecule has 9 heteroatoms. The van der Waals surface area contributed by atoms with Crippen LogP contribution in [0.15, 0.2) is 101 Å². The van der Waals surface area contributed by atoms with Crippen molar-refractivity contribution in [1.29, 1.82) is 0 Å². The molecule has 1 N–H and O–H groups in total. The lowest BCUT2D eigenvalue weighted by Crippen LogP contribution is -2.19. The Morgan fingerprint density at radius 2 is 1.54 bits per heavy atom. The summed E-state index contributed by atoms with van der Waals surface area (Å²) in [5.41, 5.74) is 2.01. The van der Waals surface area contributed by atoms with Crippen molar-refractivity contribution in [2.45, 2.75) is 29.2 Å². The van der Waals surface area contributed by atoms with Gasteiger partial charge >= 0.3 is 11.9 Å². The van der Waals surface area contributed by atoms with Crippen LogP contribution in [-0.2, 0) is 27.3 Å². The summed E-state index contributed by atoms with van der Waals surface area (Å²) in [6.07, 6.45) is 0.485. The number of halogens is 1. The van der Waals surface area contributed by atoms with E-state index >= 15 is 0 Å². The molecular weight excluding hydrogens is 562 g/mol. The van der Waals surface area contributed by atoms with Crippen LogP contribution in [0.4, 0.5) is 5.69 Å². The average Bonchev–Trinajstić information content (AvgIpc) is 2.99. The number of carbonyl (C=O) groups is 3. The van der Waals surface area contributed by atoms with Gasteiger partial charge in [-0.25, -0.2) is 9.59 Å². The summed E-state index contributed by atoms with van der Waals surface area (Å²) >= 11 is 8.12. The Labute approximate surface area is 247 Å². The molecule has 4 rings (SSSR count). The molecule has 0 aromatic heterocycles. The molecule has 7 nitrogen and oxygen atoms in total. The van der Waals surface area contributed by atoms with Crippen molar-refractivity contribution in [3.63, 3.8) is 0 Å². The minimum Gasteiger partial charge on any atom is -0.489 e. The molecule has 0 aliphatic heterocycles. The van der Waals surface area contributed by atoms with E-state index in [2.05, 4.69) is 5.32 Å². The van der Waals surface area contributed by atoms with Crippen molar-refractivity contribution < 1.29 is 28.6 Å². The Bertz CT molecular complexity index is 1540. The molecule has 1 amide bonds. The second-order valence-electron chi connectivity index (χ2n) is 8.86. The summed E-state index contributed by atoms with van der Waals surface area (Å²) in [4.78, 5) is 39.2. The Hall–Kier alpha value is -4.27. The van der Waals surface area contributed by atoms with Crippen LogP contribution in [0.25, 0.3) is 0 Å². The lowest BCUT2D eigenvalue weighted by atomic mass is 10.0. The third-order valence-corrected chi connectivity index (χ3v) is 7.40. The summed E-state index contributed by atoms with van der Waals surface area (Å²) < 4.78 is 15.5. The highest BCUT2D eigenvalue weighted by atomic mass is 35.5. The van der Waals surface area contributed by atoms with E-state index in [1.807, 2.05) is 72.8 Å². The minimum absolute atomic E-state index is 0.00146. The number of benzene rings is 4. The SMILES string of the molecule is COC(=O)c1cccc(NC(=O)CCc2ccc(Sc3cccc(OCc4ccccc4)c3)cc2Cl)c1C(=O)OC. The van der Waals surface area contributed by atoms with Crippen molar-refractivity contribution in [3.8, 4) is 5.75 Å². The zero-order chi connectivity index (χ0) is 29.2. The van der Waals surface area contributed by atoms with Gasteiger partial charge in [0.15, 0.2) is 0 Å². The molecule has 0 atom stereocenters. The van der Waals surface area contributed by atoms with E-state index in [4.69, 9.17) is 25.8 Å². The number of hydrogen-bond acceptors (Lipinski definition) is 7. The molecular formula is C32H28ClNO6S. The smallest absolute Gasteiger partial charge is 0.340 e. The predicted molar refractivity (Wildman–Crippen MR) is 159 cm³/mol. The number of carbonyl (C=O) groups excluding carboxylic acids is 3. The van der Waals surface area contributed by atoms with E-state index in [9.17, 15) is 14.4 Å². The first-order valence-electron chi connectivity index (χ1n) is 12.7. The normalized spacial score (nSPS) is 10.5. The Kier molecular flexibility index (Phi) is 10.4. The lowest BCUT2D eigenvalue weighted by molar-refractivity contribution is -0.116. The fraction of sp³-hybridized carbons (Fsp3) is 0.156. The van der Waals surface area contributed by atoms with Gasteiger partial charge in [-0.05, 0) is 60.0 Å². The molecule has 0 fully saturated rings. The van der Waals surface area contributed by atoms with Crippen LogP contribution in [0.5, 0.6) is 5.75 Å². The quantitative estimate of drug-likeness (QED) is 0.185. The van der Waals surface area contributed by atoms with Gasteiger partial charge in [0.05, 0.1) is 31.0 Å². The first kappa shape index (κ1) is 29.7. The number of rotatable bonds is 11. The predicted octanol–water partition coefficient (Wildman–Crippen LogP) is 7.21. The van der Waals surface area contributed by atoms with E-state index in [-0.39, 0.29) is 29.1 Å². The molecule has 0 radical (unpaired) electrons. The molecule has 210 valence electrons. The van der Waals surface area contributed by atoms with Crippen LogP contribution < -0.4 is 10.1 Å². The Morgan fingerprint density at radius 1 is 0.805 bits per heavy atom. The van der Waals surface area contributed by atoms with E-state index in [1.54, 1.807) is 17.8 Å². The maximum absolute atomic E-state index is 12.8. The number of hydrogen-bond donors (Lipinski definition) is 1. The van der Waals surface area contributed by atoms with E-state index in [0.717, 1.165) is 26.7 Å². The van der Waals surface area contributed by atoms with Gasteiger partial charge in [-0.1, -0.05) is 71.9 Å². The molecule has 0 aliphatic rings. The molecule has 0 saturated heterocycles. The van der Waals surface area contributed by atoms with Crippen LogP contribution in [0.2, 0.25) is 5.02 Å². The molecule has 0 bridgehead atoms. The number of aryl methyl sites for hydroxylation is 1. The third kappa shape index (κ3) is 8.13. The van der Waals surface area contributed by atoms with Gasteiger partial charge in [-0.15, -0.1) is 0 Å². The molecule has 0 unspecified atom stereocenters. The van der Waals surface area contributed by atoms with Gasteiger partial charge in [0.2, 0.25) is 5.91 Å². The topological polar surface area (TPSA) is 90.9 Å². The number of anilines is 1. The Morgan fingerprint density at radius 3 is 2.27 bits per heavy atom. The fourth-order valence-corrected chi connectivity index (χ4v) is 5.26. The van der Waals surface area contributed by atoms with Crippen LogP contribution >= 0.6 is 23.4 Å². The standard InChI is InChI=1S/C32H28ClNO6S/c1-38-31(36)26-12-7-13-28(30(26)32(37)39-2)34-29(35)17-15-22-14-16-25(19-27(22)33)41-24-11-6-10-23(18-24)40-20-21-8-4-3-5-9-21/h3-14,16,18-19H,15,17,20H2,1-2H3,(H,34,35). The molecule has 0 heterocycles. The van der Waals surface area contributed by atoms with Gasteiger partial charge < -0.3 is 19.5 Å². The van der Waals surface area contributed by atoms with Crippen molar-refractivity contribution in [1.82, 2.24) is 0 Å². The van der Waals surface area contributed by atoms with E-state index < -0.39 is 11.9 Å². The lowest BCUT2D eigenvalue weighted by Gasteiger charge is -2.13. The van der Waals surface area contributed by atoms with Crippen LogP contribution in [0.3, 0.4) is 0 Å². The average molecular weight is 590 g/mol. The first-order chi connectivity index (χ1) is 19.9. The van der Waals surface area contributed by atoms with Gasteiger partial charge in [0, 0.05) is 21.2 Å². The summed E-state index contributed by atoms with van der Waals surface area (Å²) in [5.74, 6) is -1.04. The second-order valence-corrected chi connectivity index (χ2v) is 10.4. The molecule has 0 spiro atoms. The summed E-state index contributed by atoms with van der Waals surface area (Å²) in [7, 11) is 2.41. The first-order valence-corrected chi connectivity index (χ1v) is 13.9. The monoisotopic (exact) mass is 589 g/mol. The summed E-state index contributed by atoms with van der Waals surface area (Å²) in [6, 6.07) is 28.1. The highest BCUT2D eigenvalue weighted by Gasteiger charge is 2.23. The zero-order valence-electron chi connectivity index (χ0n) is 22.5. The molecule has 4 aromatic rings. The second kappa shape index (κ2) is 14.4. The van der Waals surface area contributed by atoms with Gasteiger partial charge in [-0.3, -0.25) is 4.79 Å². The number of methoxy groups -OCH3 is 2. The molecule has 0 saturated carbocycles. The number of esters is 2. The molecule has 0 aliphatic carbocycles. The zero-order valence-corrected chi connectivity index (χ0v) is 24.1. The number of amides is 1. The van der Waals surface area contributed by atoms with Crippen LogP contribution in [0, 0.1) is 0 Å². The Balaban J connectivity index is 1.36. The molecule has 4 aromatic carbocycles. The maximum Gasteiger partial charge on any atom is 0.340 e. The molecule has 41 heavy (non-hydrogen) atoms. The van der Waals surface area contributed by atoms with Crippen molar-refractivity contribution in [3.05, 3.63) is 118 Å². The van der Waals surface area contributed by atoms with E-state index in [1.165, 1.54) is 26.4 Å². The van der Waals surface area contributed by atoms with Gasteiger partial charge in [0.25, 0.3) is 0 Å². The number of nitrogens with one attached hydrogen (secondary N) is 1. The van der Waals surface area contributed by atoms with Gasteiger partial charge in [-0.2, -0.15) is 0 Å². The number of ether oxygens (including phenoxy) is 3. The summed E-state index contributed by atoms with van der Waals surface area (Å²) in [5, 5.41) is 3.24. The maximum atomic E-state index is 12.8. The summed E-state index contributed by atoms with van der Waals surface area (Å²) in [6.45, 7) is 0.490. The highest BCUT2D eigenvalue weighted by Crippen LogP contribution is 2.33. The third-order valence-electron chi connectivity index (χ3n) is 6.07. The van der Waals surface area contributed by atoms with Crippen molar-refractivity contribution in [2.24, 2.45) is 0 Å². The van der Waals surface area contributed by atoms with Crippen LogP contribution in [0.1, 0.15) is 38.3 Å². The highest BCUT2D eigenvalue weighted by molar-refractivity contribution is 7.99. The van der Waals surface area contributed by atoms with Gasteiger partial charge in [0.1, 0.15) is 12.4 Å².